The molecule has 7 nitrogen and oxygen atoms in total. The highest BCUT2D eigenvalue weighted by Gasteiger charge is 2.60. The summed E-state index contributed by atoms with van der Waals surface area (Å²) in [6, 6.07) is -0.989. The lowest BCUT2D eigenvalue weighted by Crippen LogP contribution is -2.54. The molecule has 0 aromatic heterocycles. The Bertz CT molecular complexity index is 1030. The summed E-state index contributed by atoms with van der Waals surface area (Å²) in [7, 11) is 0. The fraction of sp³-hybridized carbons (Fsp3) is 0.917. The first kappa shape index (κ1) is 34.2. The van der Waals surface area contributed by atoms with E-state index in [1.54, 1.807) is 20.8 Å². The average molecular weight is 604 g/mol. The lowest BCUT2D eigenvalue weighted by Gasteiger charge is -2.61. The van der Waals surface area contributed by atoms with Gasteiger partial charge in [-0.15, -0.1) is 0 Å². The van der Waals surface area contributed by atoms with Crippen LogP contribution >= 0.6 is 0 Å². The second kappa shape index (κ2) is 12.6. The summed E-state index contributed by atoms with van der Waals surface area (Å²) in [5.41, 5.74) is 5.66. The van der Waals surface area contributed by atoms with Gasteiger partial charge in [0.1, 0.15) is 23.3 Å². The van der Waals surface area contributed by atoms with Crippen LogP contribution in [-0.2, 0) is 28.6 Å². The van der Waals surface area contributed by atoms with E-state index in [1.807, 2.05) is 20.8 Å². The normalized spacial score (nSPS) is 37.3. The minimum atomic E-state index is -0.989. The number of nitrogens with two attached hydrogens (primary N) is 1. The number of ether oxygens (including phenoxy) is 3. The molecule has 4 rings (SSSR count). The lowest BCUT2D eigenvalue weighted by molar-refractivity contribution is -0.167. The molecule has 4 aliphatic rings. The van der Waals surface area contributed by atoms with Crippen molar-refractivity contribution in [1.29, 1.82) is 0 Å². The Morgan fingerprint density at radius 3 is 2.07 bits per heavy atom. The van der Waals surface area contributed by atoms with Gasteiger partial charge in [-0.1, -0.05) is 20.8 Å². The van der Waals surface area contributed by atoms with Crippen LogP contribution in [0.4, 0.5) is 0 Å². The lowest BCUT2D eigenvalue weighted by atomic mass is 9.44. The highest BCUT2D eigenvalue weighted by Crippen LogP contribution is 2.68. The van der Waals surface area contributed by atoms with Crippen molar-refractivity contribution in [1.82, 2.24) is 0 Å². The van der Waals surface area contributed by atoms with Gasteiger partial charge in [-0.25, -0.2) is 0 Å². The van der Waals surface area contributed by atoms with E-state index in [-0.39, 0.29) is 23.9 Å². The number of carbonyl (C=O) groups is 3. The molecule has 2 N–H and O–H groups in total. The summed E-state index contributed by atoms with van der Waals surface area (Å²) in [5.74, 6) is 2.98. The zero-order valence-electron chi connectivity index (χ0n) is 28.6. The van der Waals surface area contributed by atoms with Crippen molar-refractivity contribution in [3.63, 3.8) is 0 Å². The fourth-order valence-corrected chi connectivity index (χ4v) is 10.1. The van der Waals surface area contributed by atoms with E-state index in [0.717, 1.165) is 43.4 Å². The van der Waals surface area contributed by atoms with E-state index in [1.165, 1.54) is 38.5 Å². The first-order chi connectivity index (χ1) is 19.8. The van der Waals surface area contributed by atoms with E-state index in [9.17, 15) is 14.4 Å². The van der Waals surface area contributed by atoms with Crippen LogP contribution in [0.15, 0.2) is 0 Å². The fourth-order valence-electron chi connectivity index (χ4n) is 10.1. The Morgan fingerprint density at radius 2 is 1.42 bits per heavy atom. The van der Waals surface area contributed by atoms with Gasteiger partial charge in [0, 0.05) is 6.42 Å². The Hall–Kier alpha value is -1.63. The van der Waals surface area contributed by atoms with Crippen LogP contribution in [0.1, 0.15) is 139 Å². The summed E-state index contributed by atoms with van der Waals surface area (Å²) in [6.45, 7) is 18.7. The zero-order valence-corrected chi connectivity index (χ0v) is 28.6. The largest absolute Gasteiger partial charge is 0.461 e. The Morgan fingerprint density at radius 1 is 0.814 bits per heavy atom. The smallest absolute Gasteiger partial charge is 0.323 e. The molecule has 0 aromatic rings. The van der Waals surface area contributed by atoms with Gasteiger partial charge in [0.15, 0.2) is 0 Å². The van der Waals surface area contributed by atoms with Crippen molar-refractivity contribution in [2.24, 2.45) is 52.1 Å². The maximum atomic E-state index is 12.8. The second-order valence-corrected chi connectivity index (χ2v) is 17.2. The SMILES string of the molecule is C[C@H](CCC(=O)OC(C)(C)C)C1CCC2[C@@H]3CC[C@@H]4C[C@@H](OC(=O)[C@@H](N)CC(=O)OC(C)(C)C)CC[C@]4(C)C3CC[C@@]21C. The summed E-state index contributed by atoms with van der Waals surface area (Å²) in [6.07, 6.45) is 11.6. The number of hydrogen-bond acceptors (Lipinski definition) is 7. The molecule has 43 heavy (non-hydrogen) atoms. The highest BCUT2D eigenvalue weighted by atomic mass is 16.6. The molecule has 4 fully saturated rings. The van der Waals surface area contributed by atoms with E-state index < -0.39 is 29.2 Å². The first-order valence-corrected chi connectivity index (χ1v) is 17.2. The third-order valence-electron chi connectivity index (χ3n) is 12.0. The third-order valence-corrected chi connectivity index (χ3v) is 12.0. The molecule has 0 heterocycles. The molecule has 0 spiro atoms. The van der Waals surface area contributed by atoms with Crippen molar-refractivity contribution in [2.75, 3.05) is 0 Å². The molecule has 0 radical (unpaired) electrons. The standard InChI is InChI=1S/C36H61NO6/c1-22(10-15-30(38)42-33(2,3)4)26-13-14-27-25-12-11-23-20-24(16-18-35(23,8)28(25)17-19-36(26,27)9)41-32(40)29(37)21-31(39)43-34(5,6)7/h22-29H,10-21,37H2,1-9H3/t22-,23-,24+,25+,26?,27?,28?,29+,35+,36-/m1/s1. The second-order valence-electron chi connectivity index (χ2n) is 17.2. The molecule has 7 heteroatoms. The van der Waals surface area contributed by atoms with E-state index in [2.05, 4.69) is 20.8 Å². The van der Waals surface area contributed by atoms with Gasteiger partial charge in [0.2, 0.25) is 0 Å². The maximum Gasteiger partial charge on any atom is 0.323 e. The van der Waals surface area contributed by atoms with Crippen LogP contribution < -0.4 is 5.73 Å². The predicted octanol–water partition coefficient (Wildman–Crippen LogP) is 7.37. The summed E-state index contributed by atoms with van der Waals surface area (Å²) < 4.78 is 16.8. The zero-order chi connectivity index (χ0) is 32.0. The van der Waals surface area contributed by atoms with Crippen LogP contribution in [0.2, 0.25) is 0 Å². The molecule has 10 atom stereocenters. The first-order valence-electron chi connectivity index (χ1n) is 17.2. The van der Waals surface area contributed by atoms with Crippen LogP contribution in [0, 0.1) is 46.3 Å². The van der Waals surface area contributed by atoms with Gasteiger partial charge in [0.05, 0.1) is 6.42 Å². The molecule has 0 amide bonds. The number of rotatable bonds is 8. The van der Waals surface area contributed by atoms with Crippen molar-refractivity contribution in [3.8, 4) is 0 Å². The van der Waals surface area contributed by atoms with Crippen LogP contribution in [-0.4, -0.2) is 41.3 Å². The summed E-state index contributed by atoms with van der Waals surface area (Å²) >= 11 is 0. The van der Waals surface area contributed by atoms with Crippen LogP contribution in [0.3, 0.4) is 0 Å². The highest BCUT2D eigenvalue weighted by molar-refractivity contribution is 5.82. The molecule has 246 valence electrons. The summed E-state index contributed by atoms with van der Waals surface area (Å²) in [5, 5.41) is 0. The summed E-state index contributed by atoms with van der Waals surface area (Å²) in [4.78, 5) is 37.4. The minimum absolute atomic E-state index is 0.0692. The Labute approximate surface area is 261 Å². The quantitative estimate of drug-likeness (QED) is 0.228. The van der Waals surface area contributed by atoms with Crippen molar-refractivity contribution in [2.45, 2.75) is 163 Å². The van der Waals surface area contributed by atoms with Gasteiger partial charge in [-0.2, -0.15) is 0 Å². The molecule has 4 aliphatic carbocycles. The number of fused-ring (bicyclic) bond motifs is 5. The Balaban J connectivity index is 1.32. The van der Waals surface area contributed by atoms with Gasteiger partial charge in [-0.3, -0.25) is 14.4 Å². The van der Waals surface area contributed by atoms with Crippen molar-refractivity contribution >= 4 is 17.9 Å². The minimum Gasteiger partial charge on any atom is -0.461 e. The van der Waals surface area contributed by atoms with Crippen LogP contribution in [0.5, 0.6) is 0 Å². The van der Waals surface area contributed by atoms with Gasteiger partial charge in [0.25, 0.3) is 0 Å². The molecule has 0 saturated heterocycles. The molecular formula is C36H61NO6. The van der Waals surface area contributed by atoms with Gasteiger partial charge < -0.3 is 19.9 Å². The maximum absolute atomic E-state index is 12.8. The van der Waals surface area contributed by atoms with Crippen LogP contribution in [0.25, 0.3) is 0 Å². The average Bonchev–Trinajstić information content (AvgIpc) is 3.22. The molecule has 4 saturated carbocycles. The van der Waals surface area contributed by atoms with E-state index in [4.69, 9.17) is 19.9 Å². The molecule has 0 bridgehead atoms. The number of esters is 3. The topological polar surface area (TPSA) is 105 Å². The molecular weight excluding hydrogens is 542 g/mol. The molecule has 0 aliphatic heterocycles. The predicted molar refractivity (Wildman–Crippen MR) is 168 cm³/mol. The Kier molecular flexibility index (Phi) is 10.1. The van der Waals surface area contributed by atoms with Gasteiger partial charge in [-0.05, 0) is 152 Å². The number of carbonyl (C=O) groups excluding carboxylic acids is 3. The monoisotopic (exact) mass is 603 g/mol. The third kappa shape index (κ3) is 7.79. The number of hydrogen-bond donors (Lipinski definition) is 1. The molecule has 0 aromatic carbocycles. The molecule has 3 unspecified atom stereocenters. The van der Waals surface area contributed by atoms with E-state index in [0.29, 0.717) is 29.6 Å². The van der Waals surface area contributed by atoms with Crippen molar-refractivity contribution < 1.29 is 28.6 Å². The van der Waals surface area contributed by atoms with E-state index >= 15 is 0 Å². The van der Waals surface area contributed by atoms with Gasteiger partial charge >= 0.3 is 17.9 Å². The van der Waals surface area contributed by atoms with Crippen molar-refractivity contribution in [3.05, 3.63) is 0 Å².